The van der Waals surface area contributed by atoms with Crippen LogP contribution in [0.1, 0.15) is 13.8 Å². The second-order valence-corrected chi connectivity index (χ2v) is 8.22. The van der Waals surface area contributed by atoms with Crippen molar-refractivity contribution in [1.29, 1.82) is 0 Å². The Hall–Kier alpha value is -0.340. The number of carboxylic acid groups (broad SMARTS) is 1. The van der Waals surface area contributed by atoms with Gasteiger partial charge in [-0.05, 0) is 19.9 Å². The van der Waals surface area contributed by atoms with E-state index in [1.54, 1.807) is 0 Å². The average molecular weight is 332 g/mol. The van der Waals surface area contributed by atoms with Crippen molar-refractivity contribution in [2.75, 3.05) is 6.54 Å². The highest BCUT2D eigenvalue weighted by Gasteiger charge is 2.30. The zero-order chi connectivity index (χ0) is 14.1. The van der Waals surface area contributed by atoms with Crippen LogP contribution in [0.5, 0.6) is 0 Å². The van der Waals surface area contributed by atoms with Crippen molar-refractivity contribution in [3.63, 3.8) is 0 Å². The number of nitrogens with one attached hydrogen (secondary N) is 1. The molecule has 0 amide bonds. The lowest BCUT2D eigenvalue weighted by molar-refractivity contribution is -0.146. The van der Waals surface area contributed by atoms with E-state index in [0.29, 0.717) is 0 Å². The van der Waals surface area contributed by atoms with Gasteiger partial charge < -0.3 is 5.11 Å². The number of carboxylic acids is 1. The van der Waals surface area contributed by atoms with Crippen molar-refractivity contribution < 1.29 is 18.3 Å². The third-order valence-electron chi connectivity index (χ3n) is 2.20. The lowest BCUT2D eigenvalue weighted by Crippen LogP contribution is -2.38. The predicted octanol–water partition coefficient (Wildman–Crippen LogP) is 2.44. The van der Waals surface area contributed by atoms with E-state index in [4.69, 9.17) is 28.3 Å². The van der Waals surface area contributed by atoms with Gasteiger partial charge in [-0.15, -0.1) is 11.3 Å². The number of hydrogen-bond donors (Lipinski definition) is 2. The third-order valence-corrected chi connectivity index (χ3v) is 5.35. The van der Waals surface area contributed by atoms with E-state index < -0.39 is 21.4 Å². The number of halogens is 2. The normalized spacial score (nSPS) is 12.7. The lowest BCUT2D eigenvalue weighted by atomic mass is 9.95. The summed E-state index contributed by atoms with van der Waals surface area (Å²) in [6.45, 7) is 2.59. The van der Waals surface area contributed by atoms with Gasteiger partial charge in [-0.2, -0.15) is 0 Å². The lowest BCUT2D eigenvalue weighted by Gasteiger charge is -2.19. The molecule has 0 saturated carbocycles. The summed E-state index contributed by atoms with van der Waals surface area (Å²) in [5.41, 5.74) is -1.21. The summed E-state index contributed by atoms with van der Waals surface area (Å²) < 4.78 is 26.3. The summed E-state index contributed by atoms with van der Waals surface area (Å²) in [6, 6.07) is 1.23. The first-order valence-electron chi connectivity index (χ1n) is 4.74. The van der Waals surface area contributed by atoms with Gasteiger partial charge in [-0.3, -0.25) is 4.79 Å². The van der Waals surface area contributed by atoms with Crippen molar-refractivity contribution >= 4 is 50.5 Å². The van der Waals surface area contributed by atoms with Crippen molar-refractivity contribution in [3.8, 4) is 0 Å². The van der Waals surface area contributed by atoms with Crippen molar-refractivity contribution in [1.82, 2.24) is 4.72 Å². The SMILES string of the molecule is CC(C)(CNS(=O)(=O)c1cc(Cl)sc1Cl)C(=O)O. The Morgan fingerprint density at radius 1 is 1.50 bits per heavy atom. The van der Waals surface area contributed by atoms with Crippen LogP contribution < -0.4 is 4.72 Å². The second kappa shape index (κ2) is 5.34. The Morgan fingerprint density at radius 2 is 2.06 bits per heavy atom. The molecule has 1 aromatic rings. The highest BCUT2D eigenvalue weighted by atomic mass is 35.5. The maximum absolute atomic E-state index is 11.9. The van der Waals surface area contributed by atoms with E-state index >= 15 is 0 Å². The van der Waals surface area contributed by atoms with E-state index in [0.717, 1.165) is 11.3 Å². The predicted molar refractivity (Wildman–Crippen MR) is 70.9 cm³/mol. The molecule has 1 rings (SSSR count). The number of sulfonamides is 1. The fourth-order valence-corrected chi connectivity index (χ4v) is 4.30. The van der Waals surface area contributed by atoms with Gasteiger partial charge in [0, 0.05) is 6.54 Å². The van der Waals surface area contributed by atoms with Crippen LogP contribution in [-0.2, 0) is 14.8 Å². The number of aliphatic carboxylic acids is 1. The monoisotopic (exact) mass is 331 g/mol. The first kappa shape index (κ1) is 15.7. The first-order valence-corrected chi connectivity index (χ1v) is 7.80. The average Bonchev–Trinajstić information content (AvgIpc) is 2.56. The van der Waals surface area contributed by atoms with Gasteiger partial charge in [0.05, 0.1) is 9.75 Å². The first-order chi connectivity index (χ1) is 8.06. The molecule has 0 radical (unpaired) electrons. The summed E-state index contributed by atoms with van der Waals surface area (Å²) in [7, 11) is -3.86. The summed E-state index contributed by atoms with van der Waals surface area (Å²) in [4.78, 5) is 10.7. The highest BCUT2D eigenvalue weighted by Crippen LogP contribution is 2.34. The molecule has 0 spiro atoms. The van der Waals surface area contributed by atoms with E-state index in [1.807, 2.05) is 0 Å². The molecule has 0 aliphatic carbocycles. The largest absolute Gasteiger partial charge is 0.481 e. The van der Waals surface area contributed by atoms with Crippen LogP contribution in [0.2, 0.25) is 8.67 Å². The minimum absolute atomic E-state index is 0.0423. The maximum Gasteiger partial charge on any atom is 0.310 e. The molecule has 18 heavy (non-hydrogen) atoms. The van der Waals surface area contributed by atoms with Gasteiger partial charge in [0.2, 0.25) is 10.0 Å². The molecule has 0 fully saturated rings. The quantitative estimate of drug-likeness (QED) is 0.867. The Bertz CT molecular complexity index is 565. The van der Waals surface area contributed by atoms with Crippen molar-refractivity contribution in [2.45, 2.75) is 18.7 Å². The molecule has 0 aromatic carbocycles. The molecule has 0 aliphatic heterocycles. The van der Waals surface area contributed by atoms with Crippen molar-refractivity contribution in [3.05, 3.63) is 14.7 Å². The van der Waals surface area contributed by atoms with Crippen LogP contribution in [0.25, 0.3) is 0 Å². The van der Waals surface area contributed by atoms with E-state index in [1.165, 1.54) is 19.9 Å². The van der Waals surface area contributed by atoms with Gasteiger partial charge in [0.25, 0.3) is 0 Å². The number of carbonyl (C=O) groups is 1. The standard InChI is InChI=1S/C9H11Cl2NO4S2/c1-9(2,8(13)14)4-12-18(15,16)5-3-6(10)17-7(5)11/h3,12H,4H2,1-2H3,(H,13,14). The fraction of sp³-hybridized carbons (Fsp3) is 0.444. The molecule has 5 nitrogen and oxygen atoms in total. The van der Waals surface area contributed by atoms with Crippen LogP contribution in [0.15, 0.2) is 11.0 Å². The molecule has 2 N–H and O–H groups in total. The number of thiophene rings is 1. The molecule has 1 aromatic heterocycles. The molecular formula is C9H11Cl2NO4S2. The van der Waals surface area contributed by atoms with Gasteiger partial charge in [-0.25, -0.2) is 13.1 Å². The molecule has 0 saturated heterocycles. The third kappa shape index (κ3) is 3.58. The van der Waals surface area contributed by atoms with Crippen LogP contribution in [0.4, 0.5) is 0 Å². The Balaban J connectivity index is 2.91. The summed E-state index contributed by atoms with van der Waals surface area (Å²) >= 11 is 12.3. The van der Waals surface area contributed by atoms with Gasteiger partial charge in [0.1, 0.15) is 9.23 Å². The van der Waals surface area contributed by atoms with Gasteiger partial charge >= 0.3 is 5.97 Å². The second-order valence-electron chi connectivity index (χ2n) is 4.20. The zero-order valence-corrected chi connectivity index (χ0v) is 12.7. The fourth-order valence-electron chi connectivity index (χ4n) is 0.937. The molecule has 102 valence electrons. The molecule has 0 atom stereocenters. The molecule has 0 aliphatic rings. The van der Waals surface area contributed by atoms with Crippen LogP contribution in [0.3, 0.4) is 0 Å². The van der Waals surface area contributed by atoms with Gasteiger partial charge in [-0.1, -0.05) is 23.2 Å². The zero-order valence-electron chi connectivity index (χ0n) is 9.53. The molecule has 0 unspecified atom stereocenters. The van der Waals surface area contributed by atoms with Crippen LogP contribution in [-0.4, -0.2) is 26.0 Å². The number of rotatable bonds is 5. The summed E-state index contributed by atoms with van der Waals surface area (Å²) in [5, 5.41) is 8.89. The van der Waals surface area contributed by atoms with E-state index in [-0.39, 0.29) is 20.1 Å². The number of hydrogen-bond acceptors (Lipinski definition) is 4. The topological polar surface area (TPSA) is 83.5 Å². The van der Waals surface area contributed by atoms with E-state index in [9.17, 15) is 13.2 Å². The van der Waals surface area contributed by atoms with Crippen LogP contribution >= 0.6 is 34.5 Å². The highest BCUT2D eigenvalue weighted by molar-refractivity contribution is 7.89. The molecular weight excluding hydrogens is 321 g/mol. The maximum atomic E-state index is 11.9. The summed E-state index contributed by atoms with van der Waals surface area (Å²) in [5.74, 6) is -1.10. The molecule has 0 bridgehead atoms. The van der Waals surface area contributed by atoms with E-state index in [2.05, 4.69) is 4.72 Å². The Kier molecular flexibility index (Phi) is 4.66. The van der Waals surface area contributed by atoms with Crippen LogP contribution in [0, 0.1) is 5.41 Å². The smallest absolute Gasteiger partial charge is 0.310 e. The minimum atomic E-state index is -3.86. The van der Waals surface area contributed by atoms with Crippen molar-refractivity contribution in [2.24, 2.45) is 5.41 Å². The Labute approximate surface area is 119 Å². The summed E-state index contributed by atoms with van der Waals surface area (Å²) in [6.07, 6.45) is 0. The Morgan fingerprint density at radius 3 is 2.44 bits per heavy atom. The van der Waals surface area contributed by atoms with Gasteiger partial charge in [0.15, 0.2) is 0 Å². The minimum Gasteiger partial charge on any atom is -0.481 e. The molecule has 1 heterocycles. The molecule has 9 heteroatoms.